The number of rotatable bonds is 5. The molecule has 0 saturated carbocycles. The maximum atomic E-state index is 10.7. The number of hydrogen-bond acceptors (Lipinski definition) is 6. The smallest absolute Gasteiger partial charge is 0.325 e. The molecular weight excluding hydrogens is 332 g/mol. The van der Waals surface area contributed by atoms with Gasteiger partial charge in [0.15, 0.2) is 0 Å². The molecule has 0 radical (unpaired) electrons. The summed E-state index contributed by atoms with van der Waals surface area (Å²) in [4.78, 5) is 11.7. The van der Waals surface area contributed by atoms with Crippen molar-refractivity contribution in [3.8, 4) is 0 Å². The van der Waals surface area contributed by atoms with Gasteiger partial charge in [0.2, 0.25) is 5.16 Å². The molecule has 0 aliphatic heterocycles. The normalized spacial score (nSPS) is 11.1. The molecule has 2 heterocycles. The van der Waals surface area contributed by atoms with Crippen molar-refractivity contribution in [1.29, 1.82) is 0 Å². The van der Waals surface area contributed by atoms with Gasteiger partial charge < -0.3 is 5.11 Å². The molecule has 6 nitrogen and oxygen atoms in total. The molecule has 0 amide bonds. The highest BCUT2D eigenvalue weighted by Gasteiger charge is 2.14. The number of halogens is 1. The number of tetrazole rings is 1. The molecule has 0 bridgehead atoms. The summed E-state index contributed by atoms with van der Waals surface area (Å²) in [5, 5.41) is 22.0. The molecule has 0 unspecified atom stereocenters. The summed E-state index contributed by atoms with van der Waals surface area (Å²) < 4.78 is 2.39. The van der Waals surface area contributed by atoms with Crippen LogP contribution in [0, 0.1) is 0 Å². The van der Waals surface area contributed by atoms with Gasteiger partial charge in [-0.2, -0.15) is 0 Å². The van der Waals surface area contributed by atoms with Gasteiger partial charge in [0, 0.05) is 20.7 Å². The lowest BCUT2D eigenvalue weighted by molar-refractivity contribution is -0.138. The van der Waals surface area contributed by atoms with E-state index in [4.69, 9.17) is 16.7 Å². The van der Waals surface area contributed by atoms with Crippen LogP contribution in [0.1, 0.15) is 4.88 Å². The van der Waals surface area contributed by atoms with Crippen LogP contribution in [-0.4, -0.2) is 31.3 Å². The van der Waals surface area contributed by atoms with E-state index < -0.39 is 5.97 Å². The Morgan fingerprint density at radius 1 is 1.43 bits per heavy atom. The lowest BCUT2D eigenvalue weighted by atomic mass is 10.2. The van der Waals surface area contributed by atoms with E-state index in [-0.39, 0.29) is 6.54 Å². The van der Waals surface area contributed by atoms with E-state index in [0.29, 0.717) is 10.9 Å². The second-order valence-electron chi connectivity index (χ2n) is 4.14. The van der Waals surface area contributed by atoms with Gasteiger partial charge in [-0.3, -0.25) is 4.79 Å². The highest BCUT2D eigenvalue weighted by molar-refractivity contribution is 7.98. The monoisotopic (exact) mass is 340 g/mol. The van der Waals surface area contributed by atoms with Crippen LogP contribution in [0.25, 0.3) is 10.1 Å². The Morgan fingerprint density at radius 2 is 2.24 bits per heavy atom. The van der Waals surface area contributed by atoms with Gasteiger partial charge >= 0.3 is 5.97 Å². The summed E-state index contributed by atoms with van der Waals surface area (Å²) in [6.45, 7) is -0.254. The van der Waals surface area contributed by atoms with Crippen LogP contribution in [-0.2, 0) is 17.1 Å². The molecule has 0 aliphatic carbocycles. The van der Waals surface area contributed by atoms with Gasteiger partial charge in [-0.1, -0.05) is 41.6 Å². The first-order chi connectivity index (χ1) is 10.1. The maximum absolute atomic E-state index is 10.7. The first kappa shape index (κ1) is 14.3. The molecule has 1 aromatic carbocycles. The summed E-state index contributed by atoms with van der Waals surface area (Å²) in [6.07, 6.45) is 0. The van der Waals surface area contributed by atoms with Crippen LogP contribution in [0.2, 0.25) is 5.02 Å². The Kier molecular flexibility index (Phi) is 4.09. The van der Waals surface area contributed by atoms with E-state index in [9.17, 15) is 4.79 Å². The number of carbonyl (C=O) groups is 1. The SMILES string of the molecule is O=C(O)Cn1nnnc1SCc1sc2ccccc2c1Cl. The third-order valence-electron chi connectivity index (χ3n) is 2.72. The predicted molar refractivity (Wildman–Crippen MR) is 81.8 cm³/mol. The largest absolute Gasteiger partial charge is 0.480 e. The number of carboxylic acids is 1. The Bertz CT molecular complexity index is 802. The second kappa shape index (κ2) is 6.00. The molecule has 9 heteroatoms. The van der Waals surface area contributed by atoms with Crippen molar-refractivity contribution in [2.24, 2.45) is 0 Å². The predicted octanol–water partition coefficient (Wildman–Crippen LogP) is 2.92. The molecule has 108 valence electrons. The summed E-state index contributed by atoms with van der Waals surface area (Å²) in [5.41, 5.74) is 0. The van der Waals surface area contributed by atoms with Crippen molar-refractivity contribution in [3.05, 3.63) is 34.2 Å². The quantitative estimate of drug-likeness (QED) is 0.719. The lowest BCUT2D eigenvalue weighted by Gasteiger charge is -2.00. The highest BCUT2D eigenvalue weighted by atomic mass is 35.5. The van der Waals surface area contributed by atoms with Crippen molar-refractivity contribution in [2.45, 2.75) is 17.5 Å². The molecular formula is C12H9ClN4O2S2. The number of hydrogen-bond donors (Lipinski definition) is 1. The Balaban J connectivity index is 1.79. The van der Waals surface area contributed by atoms with Crippen LogP contribution >= 0.6 is 34.7 Å². The van der Waals surface area contributed by atoms with E-state index >= 15 is 0 Å². The van der Waals surface area contributed by atoms with Crippen LogP contribution in [0.3, 0.4) is 0 Å². The number of carboxylic acid groups (broad SMARTS) is 1. The van der Waals surface area contributed by atoms with Gasteiger partial charge in [-0.05, 0) is 16.5 Å². The lowest BCUT2D eigenvalue weighted by Crippen LogP contribution is -2.11. The van der Waals surface area contributed by atoms with Crippen molar-refractivity contribution < 1.29 is 9.90 Å². The van der Waals surface area contributed by atoms with Gasteiger partial charge in [0.25, 0.3) is 0 Å². The molecule has 0 spiro atoms. The number of aliphatic carboxylic acids is 1. The first-order valence-corrected chi connectivity index (χ1v) is 8.10. The Labute approximate surface area is 132 Å². The maximum Gasteiger partial charge on any atom is 0.325 e. The molecule has 2 aromatic heterocycles. The average molecular weight is 341 g/mol. The van der Waals surface area contributed by atoms with Crippen molar-refractivity contribution in [1.82, 2.24) is 20.2 Å². The zero-order chi connectivity index (χ0) is 14.8. The standard InChI is InChI=1S/C12H9ClN4O2S2/c13-11-7-3-1-2-4-8(7)21-9(11)6-20-12-14-15-16-17(12)5-10(18)19/h1-4H,5-6H2,(H,18,19). The van der Waals surface area contributed by atoms with E-state index in [1.165, 1.54) is 16.4 Å². The topological polar surface area (TPSA) is 80.9 Å². The number of thioether (sulfide) groups is 1. The number of fused-ring (bicyclic) bond motifs is 1. The number of nitrogens with zero attached hydrogens (tertiary/aromatic N) is 4. The zero-order valence-electron chi connectivity index (χ0n) is 10.6. The first-order valence-electron chi connectivity index (χ1n) is 5.92. The zero-order valence-corrected chi connectivity index (χ0v) is 13.0. The molecule has 21 heavy (non-hydrogen) atoms. The van der Waals surface area contributed by atoms with Gasteiger partial charge in [-0.25, -0.2) is 4.68 Å². The molecule has 0 aliphatic rings. The third-order valence-corrected chi connectivity index (χ3v) is 5.60. The van der Waals surface area contributed by atoms with E-state index in [1.807, 2.05) is 24.3 Å². The van der Waals surface area contributed by atoms with E-state index in [1.54, 1.807) is 11.3 Å². The van der Waals surface area contributed by atoms with Gasteiger partial charge in [0.05, 0.1) is 5.02 Å². The Hall–Kier alpha value is -1.64. The van der Waals surface area contributed by atoms with E-state index in [2.05, 4.69) is 15.5 Å². The minimum Gasteiger partial charge on any atom is -0.480 e. The van der Waals surface area contributed by atoms with Crippen molar-refractivity contribution in [3.63, 3.8) is 0 Å². The van der Waals surface area contributed by atoms with Gasteiger partial charge in [0.1, 0.15) is 6.54 Å². The van der Waals surface area contributed by atoms with Crippen LogP contribution in [0.5, 0.6) is 0 Å². The minimum absolute atomic E-state index is 0.254. The molecule has 1 N–H and O–H groups in total. The molecule has 3 aromatic rings. The minimum atomic E-state index is -0.982. The Morgan fingerprint density at radius 3 is 3.00 bits per heavy atom. The number of aromatic nitrogens is 4. The fourth-order valence-corrected chi connectivity index (χ4v) is 4.35. The van der Waals surface area contributed by atoms with Crippen LogP contribution < -0.4 is 0 Å². The summed E-state index contributed by atoms with van der Waals surface area (Å²) in [7, 11) is 0. The summed E-state index contributed by atoms with van der Waals surface area (Å²) >= 11 is 9.35. The molecule has 0 atom stereocenters. The fourth-order valence-electron chi connectivity index (χ4n) is 1.81. The van der Waals surface area contributed by atoms with Crippen LogP contribution in [0.4, 0.5) is 0 Å². The third kappa shape index (κ3) is 3.02. The van der Waals surface area contributed by atoms with Crippen LogP contribution in [0.15, 0.2) is 29.4 Å². The number of benzene rings is 1. The van der Waals surface area contributed by atoms with Crippen molar-refractivity contribution in [2.75, 3.05) is 0 Å². The summed E-state index contributed by atoms with van der Waals surface area (Å²) in [6, 6.07) is 7.93. The summed E-state index contributed by atoms with van der Waals surface area (Å²) in [5.74, 6) is -0.387. The van der Waals surface area contributed by atoms with Gasteiger partial charge in [-0.15, -0.1) is 16.4 Å². The molecule has 3 rings (SSSR count). The highest BCUT2D eigenvalue weighted by Crippen LogP contribution is 2.38. The number of thiophene rings is 1. The fraction of sp³-hybridized carbons (Fsp3) is 0.167. The average Bonchev–Trinajstić information content (AvgIpc) is 3.02. The van der Waals surface area contributed by atoms with Crippen molar-refractivity contribution >= 4 is 50.8 Å². The second-order valence-corrected chi connectivity index (χ2v) is 6.59. The molecule has 0 fully saturated rings. The van der Waals surface area contributed by atoms with E-state index in [0.717, 1.165) is 20.0 Å². The molecule has 0 saturated heterocycles.